The molecule has 0 saturated carbocycles. The van der Waals surface area contributed by atoms with Crippen LogP contribution in [0.4, 0.5) is 11.4 Å². The van der Waals surface area contributed by atoms with E-state index in [0.717, 1.165) is 4.90 Å². The number of hydrogen-bond acceptors (Lipinski definition) is 3. The van der Waals surface area contributed by atoms with Crippen LogP contribution in [0, 0.1) is 0 Å². The molecule has 0 aliphatic rings. The van der Waals surface area contributed by atoms with Gasteiger partial charge in [0.25, 0.3) is 5.91 Å². The molecule has 0 heterocycles. The fraction of sp³-hybridized carbons (Fsp3) is 0.0476. The quantitative estimate of drug-likeness (QED) is 0.350. The third-order valence-electron chi connectivity index (χ3n) is 3.86. The Labute approximate surface area is 197 Å². The summed E-state index contributed by atoms with van der Waals surface area (Å²) in [5.74, 6) is -0.333. The topological polar surface area (TPSA) is 58.2 Å². The summed E-state index contributed by atoms with van der Waals surface area (Å²) >= 11 is 25.2. The molecule has 0 atom stereocenters. The molecule has 0 bridgehead atoms. The van der Waals surface area contributed by atoms with Gasteiger partial charge in [0, 0.05) is 20.6 Å². The maximum Gasteiger partial charge on any atom is 0.257 e. The van der Waals surface area contributed by atoms with Crippen molar-refractivity contribution in [2.24, 2.45) is 0 Å². The number of thioether (sulfide) groups is 1. The van der Waals surface area contributed by atoms with Gasteiger partial charge < -0.3 is 10.6 Å². The summed E-state index contributed by atoms with van der Waals surface area (Å²) in [6.07, 6.45) is 0. The van der Waals surface area contributed by atoms with Gasteiger partial charge in [0.2, 0.25) is 5.91 Å². The summed E-state index contributed by atoms with van der Waals surface area (Å²) in [7, 11) is 0. The molecule has 0 aliphatic heterocycles. The summed E-state index contributed by atoms with van der Waals surface area (Å²) in [6, 6.07) is 16.7. The molecule has 0 aliphatic carbocycles. The van der Waals surface area contributed by atoms with Crippen molar-refractivity contribution in [3.8, 4) is 0 Å². The van der Waals surface area contributed by atoms with Crippen LogP contribution in [0.25, 0.3) is 0 Å². The van der Waals surface area contributed by atoms with Crippen LogP contribution in [0.15, 0.2) is 65.6 Å². The molecular weight excluding hydrogens is 486 g/mol. The highest BCUT2D eigenvalue weighted by Crippen LogP contribution is 2.27. The highest BCUT2D eigenvalue weighted by Gasteiger charge is 2.11. The van der Waals surface area contributed by atoms with Crippen molar-refractivity contribution >= 4 is 81.4 Å². The first-order valence-corrected chi connectivity index (χ1v) is 11.1. The highest BCUT2D eigenvalue weighted by molar-refractivity contribution is 8.00. The van der Waals surface area contributed by atoms with Crippen LogP contribution >= 0.6 is 58.2 Å². The van der Waals surface area contributed by atoms with Gasteiger partial charge in [-0.2, -0.15) is 0 Å². The van der Waals surface area contributed by atoms with Gasteiger partial charge in [-0.25, -0.2) is 0 Å². The van der Waals surface area contributed by atoms with Crippen molar-refractivity contribution in [1.82, 2.24) is 0 Å². The maximum atomic E-state index is 12.4. The van der Waals surface area contributed by atoms with Gasteiger partial charge in [-0.3, -0.25) is 9.59 Å². The monoisotopic (exact) mass is 498 g/mol. The normalized spacial score (nSPS) is 10.5. The lowest BCUT2D eigenvalue weighted by atomic mass is 10.2. The van der Waals surface area contributed by atoms with Crippen molar-refractivity contribution in [3.05, 3.63) is 86.3 Å². The van der Waals surface area contributed by atoms with Crippen LogP contribution in [0.2, 0.25) is 20.1 Å². The van der Waals surface area contributed by atoms with E-state index in [2.05, 4.69) is 10.6 Å². The van der Waals surface area contributed by atoms with Crippen molar-refractivity contribution in [2.45, 2.75) is 4.90 Å². The molecule has 0 fully saturated rings. The van der Waals surface area contributed by atoms with Gasteiger partial charge in [0.1, 0.15) is 0 Å². The number of carbonyl (C=O) groups is 2. The van der Waals surface area contributed by atoms with Gasteiger partial charge in [-0.15, -0.1) is 11.8 Å². The van der Waals surface area contributed by atoms with E-state index in [4.69, 9.17) is 46.4 Å². The zero-order valence-corrected chi connectivity index (χ0v) is 19.1. The van der Waals surface area contributed by atoms with Crippen LogP contribution in [0.3, 0.4) is 0 Å². The van der Waals surface area contributed by atoms with Crippen LogP contribution in [-0.2, 0) is 4.79 Å². The zero-order valence-electron chi connectivity index (χ0n) is 15.2. The van der Waals surface area contributed by atoms with E-state index in [1.165, 1.54) is 17.8 Å². The Hall–Kier alpha value is -1.89. The Morgan fingerprint density at radius 1 is 0.767 bits per heavy atom. The van der Waals surface area contributed by atoms with E-state index in [9.17, 15) is 9.59 Å². The number of amides is 2. The second kappa shape index (κ2) is 10.4. The first kappa shape index (κ1) is 22.8. The Bertz CT molecular complexity index is 1090. The summed E-state index contributed by atoms with van der Waals surface area (Å²) in [5, 5.41) is 7.13. The number of benzene rings is 3. The number of carbonyl (C=O) groups excluding carboxylic acids is 2. The van der Waals surface area contributed by atoms with Crippen molar-refractivity contribution < 1.29 is 9.59 Å². The molecule has 0 radical (unpaired) electrons. The number of halogens is 4. The van der Waals surface area contributed by atoms with Crippen molar-refractivity contribution in [3.63, 3.8) is 0 Å². The second-order valence-electron chi connectivity index (χ2n) is 6.06. The molecule has 0 saturated heterocycles. The maximum absolute atomic E-state index is 12.4. The van der Waals surface area contributed by atoms with Crippen molar-refractivity contribution in [2.75, 3.05) is 16.4 Å². The van der Waals surface area contributed by atoms with Gasteiger partial charge in [0.05, 0.1) is 27.0 Å². The third-order valence-corrected chi connectivity index (χ3v) is 5.97. The van der Waals surface area contributed by atoms with Gasteiger partial charge >= 0.3 is 0 Å². The molecule has 4 nitrogen and oxygen atoms in total. The van der Waals surface area contributed by atoms with E-state index >= 15 is 0 Å². The largest absolute Gasteiger partial charge is 0.324 e. The summed E-state index contributed by atoms with van der Waals surface area (Å²) in [4.78, 5) is 25.4. The average molecular weight is 500 g/mol. The minimum Gasteiger partial charge on any atom is -0.324 e. The van der Waals surface area contributed by atoms with Crippen LogP contribution in [0.5, 0.6) is 0 Å². The second-order valence-corrected chi connectivity index (χ2v) is 8.80. The SMILES string of the molecule is O=C(CSc1ccc(NC(=O)c2ccc(Cl)cc2Cl)cc1)Nc1ccc(Cl)cc1Cl. The lowest BCUT2D eigenvalue weighted by Crippen LogP contribution is -2.14. The molecule has 0 unspecified atom stereocenters. The lowest BCUT2D eigenvalue weighted by molar-refractivity contribution is -0.113. The first-order chi connectivity index (χ1) is 14.3. The predicted molar refractivity (Wildman–Crippen MR) is 127 cm³/mol. The molecule has 0 aromatic heterocycles. The number of hydrogen-bond donors (Lipinski definition) is 2. The molecule has 2 N–H and O–H groups in total. The molecule has 3 aromatic rings. The molecule has 3 aromatic carbocycles. The van der Waals surface area contributed by atoms with E-state index in [-0.39, 0.29) is 22.6 Å². The first-order valence-electron chi connectivity index (χ1n) is 8.56. The summed E-state index contributed by atoms with van der Waals surface area (Å²) in [6.45, 7) is 0. The Morgan fingerprint density at radius 3 is 2.03 bits per heavy atom. The minimum atomic E-state index is -0.337. The third kappa shape index (κ3) is 6.30. The van der Waals surface area contributed by atoms with Crippen LogP contribution in [0.1, 0.15) is 10.4 Å². The summed E-state index contributed by atoms with van der Waals surface area (Å²) < 4.78 is 0. The molecule has 30 heavy (non-hydrogen) atoms. The van der Waals surface area contributed by atoms with Crippen LogP contribution < -0.4 is 10.6 Å². The smallest absolute Gasteiger partial charge is 0.257 e. The number of nitrogens with one attached hydrogen (secondary N) is 2. The molecule has 3 rings (SSSR count). The van der Waals surface area contributed by atoms with Gasteiger partial charge in [-0.05, 0) is 60.7 Å². The molecule has 0 spiro atoms. The Morgan fingerprint density at radius 2 is 1.40 bits per heavy atom. The fourth-order valence-electron chi connectivity index (χ4n) is 2.43. The number of anilines is 2. The molecule has 2 amide bonds. The summed E-state index contributed by atoms with van der Waals surface area (Å²) in [5.41, 5.74) is 1.44. The van der Waals surface area contributed by atoms with E-state index < -0.39 is 0 Å². The van der Waals surface area contributed by atoms with E-state index in [1.54, 1.807) is 42.5 Å². The highest BCUT2D eigenvalue weighted by atomic mass is 35.5. The van der Waals surface area contributed by atoms with Gasteiger partial charge in [0.15, 0.2) is 0 Å². The molecule has 9 heteroatoms. The zero-order chi connectivity index (χ0) is 21.7. The predicted octanol–water partition coefficient (Wildman–Crippen LogP) is 7.28. The lowest BCUT2D eigenvalue weighted by Gasteiger charge is -2.09. The Kier molecular flexibility index (Phi) is 7.92. The number of rotatable bonds is 6. The Balaban J connectivity index is 1.54. The average Bonchev–Trinajstić information content (AvgIpc) is 2.69. The van der Waals surface area contributed by atoms with E-state index in [1.807, 2.05) is 12.1 Å². The van der Waals surface area contributed by atoms with Crippen LogP contribution in [-0.4, -0.2) is 17.6 Å². The molecule has 154 valence electrons. The fourth-order valence-corrected chi connectivity index (χ4v) is 4.08. The van der Waals surface area contributed by atoms with E-state index in [0.29, 0.717) is 32.0 Å². The minimum absolute atomic E-state index is 0.195. The van der Waals surface area contributed by atoms with Crippen molar-refractivity contribution in [1.29, 1.82) is 0 Å². The standard InChI is InChI=1S/C21H14Cl4N2O2S/c22-12-1-7-16(17(24)9-12)21(29)26-14-3-5-15(6-4-14)30-11-20(28)27-19-8-2-13(23)10-18(19)25/h1-10H,11H2,(H,26,29)(H,27,28). The van der Waals surface area contributed by atoms with Gasteiger partial charge in [-0.1, -0.05) is 46.4 Å². The molecular formula is C21H14Cl4N2O2S.